The van der Waals surface area contributed by atoms with Crippen molar-refractivity contribution in [2.45, 2.75) is 63.5 Å². The maximum absolute atomic E-state index is 12.2. The summed E-state index contributed by atoms with van der Waals surface area (Å²) in [5.74, 6) is 1.08. The normalized spacial score (nSPS) is 37.2. The van der Waals surface area contributed by atoms with E-state index in [2.05, 4.69) is 10.2 Å². The number of rotatable bonds is 2. The van der Waals surface area contributed by atoms with Crippen LogP contribution < -0.4 is 5.32 Å². The SMILES string of the molecule is O=C(CC1CC2CCC(C1)N2)N1CCCCC1. The summed E-state index contributed by atoms with van der Waals surface area (Å²) in [4.78, 5) is 14.3. The van der Waals surface area contributed by atoms with Gasteiger partial charge in [-0.2, -0.15) is 0 Å². The van der Waals surface area contributed by atoms with E-state index in [-0.39, 0.29) is 0 Å². The average Bonchev–Trinajstić information content (AvgIpc) is 2.70. The summed E-state index contributed by atoms with van der Waals surface area (Å²) in [5, 5.41) is 3.65. The first-order valence-electron chi connectivity index (χ1n) is 7.35. The molecule has 0 saturated carbocycles. The van der Waals surface area contributed by atoms with Crippen molar-refractivity contribution in [2.24, 2.45) is 5.92 Å². The number of hydrogen-bond acceptors (Lipinski definition) is 2. The third-order valence-electron chi connectivity index (χ3n) is 4.74. The van der Waals surface area contributed by atoms with Gasteiger partial charge in [-0.3, -0.25) is 4.79 Å². The number of likely N-dealkylation sites (tertiary alicyclic amines) is 1. The van der Waals surface area contributed by atoms with E-state index in [1.807, 2.05) is 0 Å². The number of carbonyl (C=O) groups excluding carboxylic acids is 1. The van der Waals surface area contributed by atoms with E-state index in [0.29, 0.717) is 23.9 Å². The molecule has 3 heteroatoms. The lowest BCUT2D eigenvalue weighted by molar-refractivity contribution is -0.133. The van der Waals surface area contributed by atoms with E-state index in [0.717, 1.165) is 19.5 Å². The van der Waals surface area contributed by atoms with Gasteiger partial charge < -0.3 is 10.2 Å². The Morgan fingerprint density at radius 3 is 2.35 bits per heavy atom. The van der Waals surface area contributed by atoms with Crippen LogP contribution in [0.2, 0.25) is 0 Å². The molecule has 0 aromatic rings. The van der Waals surface area contributed by atoms with E-state index in [1.165, 1.54) is 44.9 Å². The summed E-state index contributed by atoms with van der Waals surface area (Å²) < 4.78 is 0. The number of carbonyl (C=O) groups is 1. The predicted molar refractivity (Wildman–Crippen MR) is 67.7 cm³/mol. The number of hydrogen-bond donors (Lipinski definition) is 1. The molecule has 3 aliphatic rings. The number of fused-ring (bicyclic) bond motifs is 2. The van der Waals surface area contributed by atoms with Crippen LogP contribution >= 0.6 is 0 Å². The Balaban J connectivity index is 1.50. The van der Waals surface area contributed by atoms with Crippen molar-refractivity contribution in [1.82, 2.24) is 10.2 Å². The summed E-state index contributed by atoms with van der Waals surface area (Å²) >= 11 is 0. The predicted octanol–water partition coefficient (Wildman–Crippen LogP) is 1.92. The molecule has 0 radical (unpaired) electrons. The quantitative estimate of drug-likeness (QED) is 0.794. The molecule has 0 aliphatic carbocycles. The van der Waals surface area contributed by atoms with E-state index in [1.54, 1.807) is 0 Å². The maximum atomic E-state index is 12.2. The van der Waals surface area contributed by atoms with Gasteiger partial charge in [0.2, 0.25) is 5.91 Å². The Bertz CT molecular complexity index is 274. The van der Waals surface area contributed by atoms with Crippen LogP contribution in [0.25, 0.3) is 0 Å². The van der Waals surface area contributed by atoms with Crippen LogP contribution in [0, 0.1) is 5.92 Å². The highest BCUT2D eigenvalue weighted by Crippen LogP contribution is 2.33. The van der Waals surface area contributed by atoms with Gasteiger partial charge >= 0.3 is 0 Å². The van der Waals surface area contributed by atoms with Gasteiger partial charge in [0.05, 0.1) is 0 Å². The molecule has 2 unspecified atom stereocenters. The molecule has 3 nitrogen and oxygen atoms in total. The summed E-state index contributed by atoms with van der Waals surface area (Å²) in [7, 11) is 0. The second-order valence-electron chi connectivity index (χ2n) is 6.12. The van der Waals surface area contributed by atoms with Gasteiger partial charge in [-0.15, -0.1) is 0 Å². The largest absolute Gasteiger partial charge is 0.343 e. The molecule has 96 valence electrons. The highest BCUT2D eigenvalue weighted by Gasteiger charge is 2.34. The molecule has 2 atom stereocenters. The zero-order valence-electron chi connectivity index (χ0n) is 10.7. The number of nitrogens with one attached hydrogen (secondary N) is 1. The fourth-order valence-corrected chi connectivity index (χ4v) is 3.86. The first kappa shape index (κ1) is 11.5. The van der Waals surface area contributed by atoms with Crippen LogP contribution in [0.15, 0.2) is 0 Å². The van der Waals surface area contributed by atoms with Crippen LogP contribution in [0.3, 0.4) is 0 Å². The third kappa shape index (κ3) is 2.65. The Morgan fingerprint density at radius 2 is 1.71 bits per heavy atom. The minimum Gasteiger partial charge on any atom is -0.343 e. The summed E-state index contributed by atoms with van der Waals surface area (Å²) in [6, 6.07) is 1.43. The van der Waals surface area contributed by atoms with Gasteiger partial charge in [0.25, 0.3) is 0 Å². The van der Waals surface area contributed by atoms with Crippen molar-refractivity contribution < 1.29 is 4.79 Å². The lowest BCUT2D eigenvalue weighted by Crippen LogP contribution is -2.41. The molecule has 0 aromatic heterocycles. The highest BCUT2D eigenvalue weighted by molar-refractivity contribution is 5.76. The lowest BCUT2D eigenvalue weighted by atomic mass is 9.89. The molecule has 3 heterocycles. The molecule has 17 heavy (non-hydrogen) atoms. The standard InChI is InChI=1S/C14H24N2O/c17-14(16-6-2-1-3-7-16)10-11-8-12-4-5-13(9-11)15-12/h11-13,15H,1-10H2. The van der Waals surface area contributed by atoms with Crippen LogP contribution in [0.1, 0.15) is 51.4 Å². The zero-order chi connectivity index (χ0) is 11.7. The van der Waals surface area contributed by atoms with E-state index < -0.39 is 0 Å². The second-order valence-corrected chi connectivity index (χ2v) is 6.12. The number of amides is 1. The van der Waals surface area contributed by atoms with Crippen LogP contribution in [-0.4, -0.2) is 36.0 Å². The molecule has 0 spiro atoms. The topological polar surface area (TPSA) is 32.3 Å². The molecular formula is C14H24N2O. The van der Waals surface area contributed by atoms with Crippen molar-refractivity contribution in [1.29, 1.82) is 0 Å². The minimum atomic E-state index is 0.427. The summed E-state index contributed by atoms with van der Waals surface area (Å²) in [6.07, 6.45) is 9.67. The lowest BCUT2D eigenvalue weighted by Gasteiger charge is -2.32. The Morgan fingerprint density at radius 1 is 1.06 bits per heavy atom. The minimum absolute atomic E-state index is 0.427. The van der Waals surface area contributed by atoms with Crippen LogP contribution in [0.4, 0.5) is 0 Å². The molecule has 0 aromatic carbocycles. The Hall–Kier alpha value is -0.570. The van der Waals surface area contributed by atoms with Gasteiger partial charge in [-0.25, -0.2) is 0 Å². The summed E-state index contributed by atoms with van der Waals surface area (Å²) in [6.45, 7) is 2.02. The third-order valence-corrected chi connectivity index (χ3v) is 4.74. The van der Waals surface area contributed by atoms with Crippen molar-refractivity contribution in [3.05, 3.63) is 0 Å². The first-order chi connectivity index (χ1) is 8.31. The van der Waals surface area contributed by atoms with Gasteiger partial charge in [0.1, 0.15) is 0 Å². The van der Waals surface area contributed by atoms with Gasteiger partial charge in [-0.1, -0.05) is 0 Å². The first-order valence-corrected chi connectivity index (χ1v) is 7.35. The van der Waals surface area contributed by atoms with Crippen LogP contribution in [-0.2, 0) is 4.79 Å². The van der Waals surface area contributed by atoms with Gasteiger partial charge in [0.15, 0.2) is 0 Å². The average molecular weight is 236 g/mol. The summed E-state index contributed by atoms with van der Waals surface area (Å²) in [5.41, 5.74) is 0. The Kier molecular flexibility index (Phi) is 3.37. The monoisotopic (exact) mass is 236 g/mol. The maximum Gasteiger partial charge on any atom is 0.222 e. The zero-order valence-corrected chi connectivity index (χ0v) is 10.7. The molecular weight excluding hydrogens is 212 g/mol. The van der Waals surface area contributed by atoms with Gasteiger partial charge in [-0.05, 0) is 50.9 Å². The molecule has 3 rings (SSSR count). The van der Waals surface area contributed by atoms with Crippen molar-refractivity contribution in [2.75, 3.05) is 13.1 Å². The van der Waals surface area contributed by atoms with Crippen LogP contribution in [0.5, 0.6) is 0 Å². The number of piperidine rings is 2. The molecule has 3 fully saturated rings. The van der Waals surface area contributed by atoms with Crippen molar-refractivity contribution >= 4 is 5.91 Å². The number of nitrogens with zero attached hydrogens (tertiary/aromatic N) is 1. The molecule has 3 aliphatic heterocycles. The van der Waals surface area contributed by atoms with Crippen molar-refractivity contribution in [3.63, 3.8) is 0 Å². The molecule has 2 bridgehead atoms. The van der Waals surface area contributed by atoms with E-state index >= 15 is 0 Å². The van der Waals surface area contributed by atoms with E-state index in [9.17, 15) is 4.79 Å². The smallest absolute Gasteiger partial charge is 0.222 e. The highest BCUT2D eigenvalue weighted by atomic mass is 16.2. The molecule has 1 N–H and O–H groups in total. The molecule has 1 amide bonds. The Labute approximate surface area is 104 Å². The van der Waals surface area contributed by atoms with Crippen molar-refractivity contribution in [3.8, 4) is 0 Å². The second kappa shape index (κ2) is 4.97. The van der Waals surface area contributed by atoms with Gasteiger partial charge in [0, 0.05) is 31.6 Å². The fraction of sp³-hybridized carbons (Fsp3) is 0.929. The fourth-order valence-electron chi connectivity index (χ4n) is 3.86. The van der Waals surface area contributed by atoms with E-state index in [4.69, 9.17) is 0 Å². The molecule has 3 saturated heterocycles.